The Balaban J connectivity index is 2.13. The van der Waals surface area contributed by atoms with Crippen molar-refractivity contribution in [3.8, 4) is 11.8 Å². The van der Waals surface area contributed by atoms with Gasteiger partial charge < -0.3 is 9.64 Å². The fourth-order valence-corrected chi connectivity index (χ4v) is 3.00. The molecule has 1 aromatic rings. The van der Waals surface area contributed by atoms with Crippen molar-refractivity contribution in [3.63, 3.8) is 0 Å². The van der Waals surface area contributed by atoms with Gasteiger partial charge in [0, 0.05) is 0 Å². The average Bonchev–Trinajstić information content (AvgIpc) is 2.52. The number of benzene rings is 1. The van der Waals surface area contributed by atoms with E-state index in [1.54, 1.807) is 6.07 Å². The van der Waals surface area contributed by atoms with Gasteiger partial charge in [0.1, 0.15) is 5.75 Å². The van der Waals surface area contributed by atoms with Crippen LogP contribution >= 0.6 is 0 Å². The quantitative estimate of drug-likeness (QED) is 0.812. The summed E-state index contributed by atoms with van der Waals surface area (Å²) in [4.78, 5) is 2.31. The summed E-state index contributed by atoms with van der Waals surface area (Å²) in [7, 11) is 0. The lowest BCUT2D eigenvalue weighted by molar-refractivity contribution is -0.274. The molecular formula is C17H21F3N2O. The van der Waals surface area contributed by atoms with Crippen LogP contribution in [0.25, 0.3) is 0 Å². The number of hydrogen-bond acceptors (Lipinski definition) is 3. The first-order chi connectivity index (χ1) is 10.9. The Bertz CT molecular complexity index is 558. The lowest BCUT2D eigenvalue weighted by Gasteiger charge is -2.37. The van der Waals surface area contributed by atoms with Gasteiger partial charge in [-0.15, -0.1) is 13.2 Å². The molecule has 126 valence electrons. The van der Waals surface area contributed by atoms with Crippen molar-refractivity contribution in [2.24, 2.45) is 0 Å². The highest BCUT2D eigenvalue weighted by atomic mass is 19.4. The second-order valence-corrected chi connectivity index (χ2v) is 5.96. The first kappa shape index (κ1) is 17.6. The number of ether oxygens (including phenoxy) is 1. The Kier molecular flexibility index (Phi) is 5.53. The number of likely N-dealkylation sites (tertiary alicyclic amines) is 1. The summed E-state index contributed by atoms with van der Waals surface area (Å²) in [5.41, 5.74) is -0.120. The van der Waals surface area contributed by atoms with Gasteiger partial charge in [-0.05, 0) is 56.6 Å². The number of rotatable bonds is 5. The number of hydrogen-bond donors (Lipinski definition) is 0. The van der Waals surface area contributed by atoms with E-state index in [0.29, 0.717) is 18.4 Å². The molecule has 3 nitrogen and oxygen atoms in total. The van der Waals surface area contributed by atoms with E-state index in [1.165, 1.54) is 18.2 Å². The number of nitriles is 1. The lowest BCUT2D eigenvalue weighted by Crippen LogP contribution is -2.42. The number of alkyl halides is 3. The number of unbranched alkanes of at least 4 members (excludes halogenated alkanes) is 1. The molecule has 0 N–H and O–H groups in total. The molecule has 6 heteroatoms. The van der Waals surface area contributed by atoms with Gasteiger partial charge in [-0.3, -0.25) is 0 Å². The largest absolute Gasteiger partial charge is 0.573 e. The number of halogens is 3. The summed E-state index contributed by atoms with van der Waals surface area (Å²) >= 11 is 0. The molecule has 1 aromatic carbocycles. The molecule has 0 atom stereocenters. The first-order valence-electron chi connectivity index (χ1n) is 7.88. The third-order valence-corrected chi connectivity index (χ3v) is 4.37. The summed E-state index contributed by atoms with van der Waals surface area (Å²) in [5.74, 6) is -0.266. The zero-order chi connectivity index (χ0) is 16.9. The van der Waals surface area contributed by atoms with Crippen LogP contribution in [0, 0.1) is 11.3 Å². The molecule has 1 saturated heterocycles. The third kappa shape index (κ3) is 4.61. The minimum absolute atomic E-state index is 0.266. The monoisotopic (exact) mass is 326 g/mol. The molecule has 0 aliphatic carbocycles. The zero-order valence-corrected chi connectivity index (χ0v) is 13.2. The minimum Gasteiger partial charge on any atom is -0.406 e. The van der Waals surface area contributed by atoms with Gasteiger partial charge >= 0.3 is 6.36 Å². The molecule has 0 unspecified atom stereocenters. The Morgan fingerprint density at radius 2 is 2.00 bits per heavy atom. The molecule has 23 heavy (non-hydrogen) atoms. The van der Waals surface area contributed by atoms with E-state index in [-0.39, 0.29) is 5.75 Å². The van der Waals surface area contributed by atoms with Gasteiger partial charge in [0.25, 0.3) is 0 Å². The van der Waals surface area contributed by atoms with E-state index in [4.69, 9.17) is 0 Å². The first-order valence-corrected chi connectivity index (χ1v) is 7.88. The molecule has 1 aliphatic heterocycles. The summed E-state index contributed by atoms with van der Waals surface area (Å²) in [6.45, 7) is 4.72. The smallest absolute Gasteiger partial charge is 0.406 e. The summed E-state index contributed by atoms with van der Waals surface area (Å²) in [6, 6.07) is 8.17. The fourth-order valence-electron chi connectivity index (χ4n) is 3.00. The van der Waals surface area contributed by atoms with Crippen molar-refractivity contribution in [1.82, 2.24) is 4.90 Å². The molecule has 2 rings (SSSR count). The van der Waals surface area contributed by atoms with Crippen LogP contribution in [0.4, 0.5) is 13.2 Å². The Labute approximate surface area is 134 Å². The van der Waals surface area contributed by atoms with Gasteiger partial charge in [0.15, 0.2) is 0 Å². The predicted octanol–water partition coefficient (Wildman–Crippen LogP) is 4.24. The van der Waals surface area contributed by atoms with Crippen molar-refractivity contribution in [2.75, 3.05) is 19.6 Å². The van der Waals surface area contributed by atoms with Crippen molar-refractivity contribution < 1.29 is 17.9 Å². The summed E-state index contributed by atoms with van der Waals surface area (Å²) in [6.07, 6.45) is -1.22. The van der Waals surface area contributed by atoms with Crippen LogP contribution in [-0.4, -0.2) is 30.9 Å². The van der Waals surface area contributed by atoms with Gasteiger partial charge in [-0.1, -0.05) is 25.5 Å². The highest BCUT2D eigenvalue weighted by molar-refractivity contribution is 5.39. The Morgan fingerprint density at radius 1 is 1.30 bits per heavy atom. The molecule has 1 heterocycles. The van der Waals surface area contributed by atoms with Gasteiger partial charge in [0.05, 0.1) is 11.5 Å². The average molecular weight is 326 g/mol. The normalized spacial score (nSPS) is 18.4. The summed E-state index contributed by atoms with van der Waals surface area (Å²) < 4.78 is 41.1. The SMILES string of the molecule is CCCCN1CCC(C#N)(c2cccc(OC(F)(F)F)c2)CC1. The van der Waals surface area contributed by atoms with Gasteiger partial charge in [-0.25, -0.2) is 0 Å². The molecular weight excluding hydrogens is 305 g/mol. The third-order valence-electron chi connectivity index (χ3n) is 4.37. The number of piperidine rings is 1. The van der Waals surface area contributed by atoms with E-state index >= 15 is 0 Å². The van der Waals surface area contributed by atoms with Crippen LogP contribution in [0.2, 0.25) is 0 Å². The van der Waals surface area contributed by atoms with Crippen LogP contribution in [0.15, 0.2) is 24.3 Å². The van der Waals surface area contributed by atoms with Crippen molar-refractivity contribution in [3.05, 3.63) is 29.8 Å². The Hall–Kier alpha value is -1.74. The second kappa shape index (κ2) is 7.22. The number of nitrogens with zero attached hydrogens (tertiary/aromatic N) is 2. The maximum Gasteiger partial charge on any atom is 0.573 e. The molecule has 0 radical (unpaired) electrons. The van der Waals surface area contributed by atoms with Gasteiger partial charge in [0.2, 0.25) is 0 Å². The molecule has 0 bridgehead atoms. The zero-order valence-electron chi connectivity index (χ0n) is 13.2. The van der Waals surface area contributed by atoms with Gasteiger partial charge in [-0.2, -0.15) is 5.26 Å². The lowest BCUT2D eigenvalue weighted by atomic mass is 9.74. The van der Waals surface area contributed by atoms with E-state index in [1.807, 2.05) is 0 Å². The Morgan fingerprint density at radius 3 is 2.57 bits per heavy atom. The van der Waals surface area contributed by atoms with Crippen molar-refractivity contribution in [1.29, 1.82) is 5.26 Å². The van der Waals surface area contributed by atoms with Crippen LogP contribution < -0.4 is 4.74 Å². The topological polar surface area (TPSA) is 36.3 Å². The maximum absolute atomic E-state index is 12.4. The van der Waals surface area contributed by atoms with Crippen molar-refractivity contribution in [2.45, 2.75) is 44.4 Å². The fraction of sp³-hybridized carbons (Fsp3) is 0.588. The van der Waals surface area contributed by atoms with E-state index in [9.17, 15) is 18.4 Å². The molecule has 0 amide bonds. The summed E-state index contributed by atoms with van der Waals surface area (Å²) in [5, 5.41) is 9.65. The van der Waals surface area contributed by atoms with Crippen LogP contribution in [0.1, 0.15) is 38.2 Å². The maximum atomic E-state index is 12.4. The van der Waals surface area contributed by atoms with E-state index < -0.39 is 11.8 Å². The van der Waals surface area contributed by atoms with Crippen molar-refractivity contribution >= 4 is 0 Å². The molecule has 0 aromatic heterocycles. The van der Waals surface area contributed by atoms with E-state index in [2.05, 4.69) is 22.6 Å². The molecule has 1 aliphatic rings. The highest BCUT2D eigenvalue weighted by Gasteiger charge is 2.37. The predicted molar refractivity (Wildman–Crippen MR) is 81.0 cm³/mol. The molecule has 0 saturated carbocycles. The second-order valence-electron chi connectivity index (χ2n) is 5.96. The van der Waals surface area contributed by atoms with Crippen LogP contribution in [-0.2, 0) is 5.41 Å². The van der Waals surface area contributed by atoms with Crippen LogP contribution in [0.3, 0.4) is 0 Å². The van der Waals surface area contributed by atoms with Crippen LogP contribution in [0.5, 0.6) is 5.75 Å². The van der Waals surface area contributed by atoms with E-state index in [0.717, 1.165) is 32.5 Å². The highest BCUT2D eigenvalue weighted by Crippen LogP contribution is 2.37. The minimum atomic E-state index is -4.72. The molecule has 1 fully saturated rings. The molecule has 0 spiro atoms. The standard InChI is InChI=1S/C17H21F3N2O/c1-2-3-9-22-10-7-16(13-21,8-11-22)14-5-4-6-15(12-14)23-17(18,19)20/h4-6,12H,2-3,7-11H2,1H3.